The first-order valence-electron chi connectivity index (χ1n) is 14.4. The molecule has 0 aromatic carbocycles. The lowest BCUT2D eigenvalue weighted by Crippen LogP contribution is -2.56. The highest BCUT2D eigenvalue weighted by Gasteiger charge is 2.44. The number of likely N-dealkylation sites (tertiary alicyclic amines) is 1. The molecule has 2 saturated heterocycles. The Morgan fingerprint density at radius 2 is 1.90 bits per heavy atom. The quantitative estimate of drug-likeness (QED) is 0.311. The summed E-state index contributed by atoms with van der Waals surface area (Å²) in [7, 11) is 1.30. The number of fused-ring (bicyclic) bond motifs is 1. The van der Waals surface area contributed by atoms with Crippen molar-refractivity contribution in [2.75, 3.05) is 40.1 Å². The number of amides is 3. The van der Waals surface area contributed by atoms with E-state index in [2.05, 4.69) is 12.2 Å². The van der Waals surface area contributed by atoms with Crippen molar-refractivity contribution in [1.29, 1.82) is 0 Å². The molecule has 2 N–H and O–H groups in total. The summed E-state index contributed by atoms with van der Waals surface area (Å²) in [5.41, 5.74) is 2.61. The summed E-state index contributed by atoms with van der Waals surface area (Å²) < 4.78 is 21.9. The Kier molecular flexibility index (Phi) is 9.51. The predicted molar refractivity (Wildman–Crippen MR) is 147 cm³/mol. The van der Waals surface area contributed by atoms with Crippen LogP contribution in [0.4, 0.5) is 9.59 Å². The average molecular weight is 578 g/mol. The normalized spacial score (nSPS) is 24.6. The van der Waals surface area contributed by atoms with E-state index in [0.29, 0.717) is 38.9 Å². The number of hydrogen-bond donors (Lipinski definition) is 2. The maximum atomic E-state index is 13.3. The van der Waals surface area contributed by atoms with E-state index >= 15 is 0 Å². The average Bonchev–Trinajstić information content (AvgIpc) is 3.69. The number of unbranched alkanes of at least 4 members (excludes halogenated alkanes) is 2. The smallest absolute Gasteiger partial charge is 0.407 e. The van der Waals surface area contributed by atoms with Crippen molar-refractivity contribution < 1.29 is 43.2 Å². The highest BCUT2D eigenvalue weighted by Crippen LogP contribution is 2.44. The minimum atomic E-state index is -0.933. The van der Waals surface area contributed by atoms with Gasteiger partial charge in [-0.15, -0.1) is 0 Å². The van der Waals surface area contributed by atoms with E-state index in [0.717, 1.165) is 41.7 Å². The molecule has 0 bridgehead atoms. The Morgan fingerprint density at radius 3 is 2.59 bits per heavy atom. The van der Waals surface area contributed by atoms with Crippen LogP contribution in [0, 0.1) is 11.3 Å². The molecule has 3 heterocycles. The second kappa shape index (κ2) is 12.7. The van der Waals surface area contributed by atoms with Gasteiger partial charge in [-0.3, -0.25) is 9.69 Å². The lowest BCUT2D eigenvalue weighted by atomic mass is 9.81. The second-order valence-corrected chi connectivity index (χ2v) is 12.2. The first kappa shape index (κ1) is 30.7. The summed E-state index contributed by atoms with van der Waals surface area (Å²) >= 11 is 0. The first-order chi connectivity index (χ1) is 19.4. The third-order valence-corrected chi connectivity index (χ3v) is 8.44. The summed E-state index contributed by atoms with van der Waals surface area (Å²) in [6, 6.07) is -1.50. The fraction of sp³-hybridized carbons (Fsp3) is 0.724. The van der Waals surface area contributed by atoms with E-state index in [1.165, 1.54) is 16.9 Å². The third-order valence-electron chi connectivity index (χ3n) is 8.44. The zero-order valence-corrected chi connectivity index (χ0v) is 24.7. The number of carboxylic acid groups (broad SMARTS) is 1. The molecule has 2 fully saturated rings. The summed E-state index contributed by atoms with van der Waals surface area (Å²) in [6.07, 6.45) is 2.39. The zero-order valence-electron chi connectivity index (χ0n) is 24.7. The van der Waals surface area contributed by atoms with Gasteiger partial charge in [-0.05, 0) is 60.7 Å². The first-order valence-corrected chi connectivity index (χ1v) is 14.4. The van der Waals surface area contributed by atoms with Crippen LogP contribution >= 0.6 is 0 Å². The van der Waals surface area contributed by atoms with Crippen LogP contribution in [0.15, 0.2) is 22.5 Å². The summed E-state index contributed by atoms with van der Waals surface area (Å²) in [5.74, 6) is 0.123. The molecule has 3 aliphatic heterocycles. The molecule has 0 saturated carbocycles. The van der Waals surface area contributed by atoms with Crippen LogP contribution in [0.5, 0.6) is 0 Å². The molecule has 4 rings (SSSR count). The Labute approximate surface area is 241 Å². The second-order valence-electron chi connectivity index (χ2n) is 12.2. The number of nitrogens with one attached hydrogen (secondary N) is 1. The molecule has 4 aliphatic rings. The van der Waals surface area contributed by atoms with Crippen molar-refractivity contribution in [3.8, 4) is 0 Å². The highest BCUT2D eigenvalue weighted by molar-refractivity contribution is 5.90. The number of ether oxygens (including phenoxy) is 4. The topological polar surface area (TPSA) is 144 Å². The number of rotatable bonds is 9. The van der Waals surface area contributed by atoms with E-state index in [1.807, 2.05) is 20.8 Å². The molecule has 12 heteroatoms. The third kappa shape index (κ3) is 6.63. The van der Waals surface area contributed by atoms with Gasteiger partial charge >= 0.3 is 18.2 Å². The Morgan fingerprint density at radius 1 is 1.15 bits per heavy atom. The number of carbonyl (C=O) groups excluding carboxylic acids is 3. The van der Waals surface area contributed by atoms with Crippen LogP contribution in [0.2, 0.25) is 0 Å². The monoisotopic (exact) mass is 577 g/mol. The van der Waals surface area contributed by atoms with Crippen molar-refractivity contribution in [3.63, 3.8) is 0 Å². The molecule has 4 atom stereocenters. The van der Waals surface area contributed by atoms with Gasteiger partial charge in [0.05, 0.1) is 13.7 Å². The molecule has 4 unspecified atom stereocenters. The summed E-state index contributed by atoms with van der Waals surface area (Å²) in [6.45, 7) is 9.20. The van der Waals surface area contributed by atoms with Crippen molar-refractivity contribution >= 4 is 24.1 Å². The van der Waals surface area contributed by atoms with Crippen LogP contribution in [-0.4, -0.2) is 97.3 Å². The molecule has 3 amide bonds. The molecule has 1 aliphatic carbocycles. The van der Waals surface area contributed by atoms with Gasteiger partial charge in [0.1, 0.15) is 23.9 Å². The Bertz CT molecular complexity index is 1110. The lowest BCUT2D eigenvalue weighted by Gasteiger charge is -2.34. The van der Waals surface area contributed by atoms with E-state index in [-0.39, 0.29) is 31.3 Å². The van der Waals surface area contributed by atoms with E-state index in [4.69, 9.17) is 18.9 Å². The molecule has 0 aromatic rings. The largest absolute Gasteiger partial charge is 0.469 e. The minimum absolute atomic E-state index is 0.0724. The number of hydrogen-bond acceptors (Lipinski definition) is 8. The Balaban J connectivity index is 1.26. The molecular formula is C29H43N3O9. The number of carbonyl (C=O) groups is 4. The van der Waals surface area contributed by atoms with E-state index < -0.39 is 35.7 Å². The van der Waals surface area contributed by atoms with Crippen molar-refractivity contribution in [3.05, 3.63) is 22.5 Å². The maximum absolute atomic E-state index is 13.3. The molecule has 228 valence electrons. The van der Waals surface area contributed by atoms with Gasteiger partial charge in [0.15, 0.2) is 6.79 Å². The highest BCUT2D eigenvalue weighted by atomic mass is 16.7. The van der Waals surface area contributed by atoms with Gasteiger partial charge in [-0.25, -0.2) is 14.4 Å². The summed E-state index contributed by atoms with van der Waals surface area (Å²) in [5, 5.41) is 12.2. The van der Waals surface area contributed by atoms with Gasteiger partial charge in [0.2, 0.25) is 5.91 Å². The van der Waals surface area contributed by atoms with E-state index in [1.54, 1.807) is 0 Å². The van der Waals surface area contributed by atoms with Crippen LogP contribution in [0.1, 0.15) is 66.2 Å². The van der Waals surface area contributed by atoms with Gasteiger partial charge in [0, 0.05) is 25.6 Å². The van der Waals surface area contributed by atoms with E-state index in [9.17, 15) is 24.3 Å². The fourth-order valence-corrected chi connectivity index (χ4v) is 6.19. The lowest BCUT2D eigenvalue weighted by molar-refractivity contribution is -0.152. The van der Waals surface area contributed by atoms with Crippen molar-refractivity contribution in [1.82, 2.24) is 15.1 Å². The number of nitrogens with zero attached hydrogens (tertiary/aromatic N) is 2. The number of alkyl carbamates (subject to hydrolysis) is 1. The van der Waals surface area contributed by atoms with Crippen molar-refractivity contribution in [2.24, 2.45) is 11.3 Å². The summed E-state index contributed by atoms with van der Waals surface area (Å²) in [4.78, 5) is 52.7. The molecule has 0 spiro atoms. The predicted octanol–water partition coefficient (Wildman–Crippen LogP) is 3.42. The standard InChI is InChI=1S/C29H43N3O9/c1-17-19-14-31(28(36)37)15-20(19)18(23-22(17)40-16-41-23)10-7-6-8-13-39-27(35)30-24(29(2,3)4)25(33)32-12-9-11-21(32)26(34)38-5/h17,21-22,24H,6-16H2,1-5H3,(H,30,35)(H,36,37). The number of esters is 1. The zero-order chi connectivity index (χ0) is 29.9. The Hall–Kier alpha value is -3.28. The maximum Gasteiger partial charge on any atom is 0.407 e. The van der Waals surface area contributed by atoms with Crippen LogP contribution < -0.4 is 5.32 Å². The molecule has 0 radical (unpaired) electrons. The van der Waals surface area contributed by atoms with Gasteiger partial charge < -0.3 is 34.3 Å². The SMILES string of the molecule is COC(=O)C1CCCN1C(=O)C(NC(=O)OCCCCCC1=C2OCOC2C(C)C2=C1CN(C(=O)O)C2)C(C)(C)C. The van der Waals surface area contributed by atoms with Gasteiger partial charge in [-0.2, -0.15) is 0 Å². The molecular weight excluding hydrogens is 534 g/mol. The van der Waals surface area contributed by atoms with Crippen molar-refractivity contribution in [2.45, 2.75) is 84.4 Å². The van der Waals surface area contributed by atoms with Gasteiger partial charge in [-0.1, -0.05) is 27.7 Å². The van der Waals surface area contributed by atoms with Crippen LogP contribution in [-0.2, 0) is 28.5 Å². The fourth-order valence-electron chi connectivity index (χ4n) is 6.19. The van der Waals surface area contributed by atoms with Gasteiger partial charge in [0.25, 0.3) is 0 Å². The molecule has 0 aromatic heterocycles. The van der Waals surface area contributed by atoms with Crippen LogP contribution in [0.3, 0.4) is 0 Å². The van der Waals surface area contributed by atoms with Crippen LogP contribution in [0.25, 0.3) is 0 Å². The minimum Gasteiger partial charge on any atom is -0.469 e. The molecule has 41 heavy (non-hydrogen) atoms. The molecule has 12 nitrogen and oxygen atoms in total. The number of methoxy groups -OCH3 is 1.